The molecule has 3 atom stereocenters. The first-order valence-electron chi connectivity index (χ1n) is 8.42. The Balaban J connectivity index is 1.42. The first kappa shape index (κ1) is 14.4. The van der Waals surface area contributed by atoms with Gasteiger partial charge in [0, 0.05) is 31.1 Å². The van der Waals surface area contributed by atoms with E-state index in [9.17, 15) is 4.79 Å². The molecule has 120 valence electrons. The third-order valence-corrected chi connectivity index (χ3v) is 5.04. The Bertz CT molecular complexity index is 696. The molecule has 2 fully saturated rings. The topological polar surface area (TPSA) is 51.0 Å². The lowest BCUT2D eigenvalue weighted by atomic mass is 10.1. The number of hydrogen-bond acceptors (Lipinski definition) is 3. The summed E-state index contributed by atoms with van der Waals surface area (Å²) in [7, 11) is 0. The fourth-order valence-corrected chi connectivity index (χ4v) is 3.74. The van der Waals surface area contributed by atoms with E-state index in [1.807, 2.05) is 30.1 Å². The number of pyridine rings is 1. The number of hydrogen-bond donors (Lipinski definition) is 0. The van der Waals surface area contributed by atoms with Crippen LogP contribution in [0.4, 0.5) is 0 Å². The average Bonchev–Trinajstić information content (AvgIpc) is 3.07. The fraction of sp³-hybridized carbons (Fsp3) is 0.500. The molecule has 1 amide bonds. The van der Waals surface area contributed by atoms with Gasteiger partial charge in [0.1, 0.15) is 0 Å². The molecule has 5 heteroatoms. The van der Waals surface area contributed by atoms with Crippen LogP contribution in [-0.4, -0.2) is 38.2 Å². The molecule has 2 aliphatic rings. The van der Waals surface area contributed by atoms with Crippen molar-refractivity contribution in [1.29, 1.82) is 0 Å². The van der Waals surface area contributed by atoms with Gasteiger partial charge in [0.25, 0.3) is 0 Å². The number of aromatic nitrogens is 3. The van der Waals surface area contributed by atoms with E-state index in [1.54, 1.807) is 6.20 Å². The predicted molar refractivity (Wildman–Crippen MR) is 86.8 cm³/mol. The zero-order chi connectivity index (χ0) is 15.8. The first-order valence-corrected chi connectivity index (χ1v) is 8.42. The van der Waals surface area contributed by atoms with E-state index in [4.69, 9.17) is 0 Å². The minimum absolute atomic E-state index is 0.152. The Morgan fingerprint density at radius 2 is 2.30 bits per heavy atom. The van der Waals surface area contributed by atoms with Crippen LogP contribution in [0.15, 0.2) is 36.9 Å². The second kappa shape index (κ2) is 5.80. The SMILES string of the molecule is Cc1cnn(C[C@@H]2CCCN2C(=O)[C@H]2C[C@H]2c2cccnc2)c1. The summed E-state index contributed by atoms with van der Waals surface area (Å²) in [6, 6.07) is 4.32. The predicted octanol–water partition coefficient (Wildman–Crippen LogP) is 2.38. The van der Waals surface area contributed by atoms with Crippen molar-refractivity contribution < 1.29 is 4.79 Å². The van der Waals surface area contributed by atoms with Gasteiger partial charge in [-0.2, -0.15) is 5.10 Å². The van der Waals surface area contributed by atoms with Crippen LogP contribution in [0.5, 0.6) is 0 Å². The zero-order valence-corrected chi connectivity index (χ0v) is 13.4. The maximum atomic E-state index is 12.9. The molecule has 0 radical (unpaired) electrons. The van der Waals surface area contributed by atoms with Crippen LogP contribution in [0.2, 0.25) is 0 Å². The number of amides is 1. The van der Waals surface area contributed by atoms with Crippen LogP contribution in [-0.2, 0) is 11.3 Å². The molecule has 1 aliphatic heterocycles. The smallest absolute Gasteiger partial charge is 0.226 e. The van der Waals surface area contributed by atoms with Crippen molar-refractivity contribution in [2.75, 3.05) is 6.54 Å². The van der Waals surface area contributed by atoms with Crippen molar-refractivity contribution in [2.45, 2.75) is 44.7 Å². The van der Waals surface area contributed by atoms with Crippen LogP contribution in [0.25, 0.3) is 0 Å². The van der Waals surface area contributed by atoms with Crippen molar-refractivity contribution in [3.63, 3.8) is 0 Å². The Labute approximate surface area is 136 Å². The van der Waals surface area contributed by atoms with Gasteiger partial charge in [0.2, 0.25) is 5.91 Å². The minimum atomic E-state index is 0.152. The Morgan fingerprint density at radius 3 is 3.04 bits per heavy atom. The summed E-state index contributed by atoms with van der Waals surface area (Å²) in [6.07, 6.45) is 10.7. The third-order valence-electron chi connectivity index (χ3n) is 5.04. The van der Waals surface area contributed by atoms with Crippen molar-refractivity contribution >= 4 is 5.91 Å². The molecule has 0 N–H and O–H groups in total. The van der Waals surface area contributed by atoms with E-state index in [2.05, 4.69) is 27.2 Å². The van der Waals surface area contributed by atoms with Crippen molar-refractivity contribution in [3.05, 3.63) is 48.0 Å². The normalized spacial score (nSPS) is 26.5. The van der Waals surface area contributed by atoms with Gasteiger partial charge in [-0.25, -0.2) is 0 Å². The van der Waals surface area contributed by atoms with E-state index < -0.39 is 0 Å². The Kier molecular flexibility index (Phi) is 3.63. The van der Waals surface area contributed by atoms with Crippen molar-refractivity contribution in [3.8, 4) is 0 Å². The average molecular weight is 310 g/mol. The van der Waals surface area contributed by atoms with Crippen LogP contribution >= 0.6 is 0 Å². The molecule has 23 heavy (non-hydrogen) atoms. The lowest BCUT2D eigenvalue weighted by molar-refractivity contribution is -0.133. The highest BCUT2D eigenvalue weighted by Crippen LogP contribution is 2.48. The number of likely N-dealkylation sites (tertiary alicyclic amines) is 1. The molecule has 0 aromatic carbocycles. The molecule has 2 aromatic rings. The van der Waals surface area contributed by atoms with Gasteiger partial charge >= 0.3 is 0 Å². The van der Waals surface area contributed by atoms with Gasteiger partial charge in [0.15, 0.2) is 0 Å². The molecule has 3 heterocycles. The Hall–Kier alpha value is -2.17. The number of carbonyl (C=O) groups excluding carboxylic acids is 1. The highest BCUT2D eigenvalue weighted by atomic mass is 16.2. The zero-order valence-electron chi connectivity index (χ0n) is 13.4. The summed E-state index contributed by atoms with van der Waals surface area (Å²) in [5.41, 5.74) is 2.36. The molecular weight excluding hydrogens is 288 g/mol. The second-order valence-corrected chi connectivity index (χ2v) is 6.80. The van der Waals surface area contributed by atoms with Gasteiger partial charge in [-0.1, -0.05) is 6.07 Å². The summed E-state index contributed by atoms with van der Waals surface area (Å²) < 4.78 is 1.97. The molecule has 0 bridgehead atoms. The molecule has 5 nitrogen and oxygen atoms in total. The maximum absolute atomic E-state index is 12.9. The van der Waals surface area contributed by atoms with Gasteiger partial charge in [-0.05, 0) is 49.3 Å². The van der Waals surface area contributed by atoms with Crippen LogP contribution in [0, 0.1) is 12.8 Å². The summed E-state index contributed by atoms with van der Waals surface area (Å²) >= 11 is 0. The van der Waals surface area contributed by atoms with E-state index in [1.165, 1.54) is 11.1 Å². The standard InChI is InChI=1S/C18H22N4O/c1-13-9-20-21(11-13)12-15-5-3-7-22(15)18(23)17-8-16(17)14-4-2-6-19-10-14/h2,4,6,9-11,15-17H,3,5,7-8,12H2,1H3/t15-,16-,17-/m0/s1. The highest BCUT2D eigenvalue weighted by Gasteiger charge is 2.47. The first-order chi connectivity index (χ1) is 11.2. The van der Waals surface area contributed by atoms with Gasteiger partial charge in [0.05, 0.1) is 18.8 Å². The summed E-state index contributed by atoms with van der Waals surface area (Å²) in [4.78, 5) is 19.1. The minimum Gasteiger partial charge on any atom is -0.338 e. The molecule has 2 aromatic heterocycles. The van der Waals surface area contributed by atoms with E-state index in [0.717, 1.165) is 32.4 Å². The van der Waals surface area contributed by atoms with Crippen LogP contribution in [0.1, 0.15) is 36.3 Å². The van der Waals surface area contributed by atoms with E-state index in [-0.39, 0.29) is 12.0 Å². The second-order valence-electron chi connectivity index (χ2n) is 6.80. The van der Waals surface area contributed by atoms with E-state index >= 15 is 0 Å². The van der Waals surface area contributed by atoms with Gasteiger partial charge in [-0.3, -0.25) is 14.5 Å². The van der Waals surface area contributed by atoms with Gasteiger partial charge in [-0.15, -0.1) is 0 Å². The number of nitrogens with zero attached hydrogens (tertiary/aromatic N) is 4. The molecule has 4 rings (SSSR count). The maximum Gasteiger partial charge on any atom is 0.226 e. The summed E-state index contributed by atoms with van der Waals surface area (Å²) in [5, 5.41) is 4.37. The molecule has 1 aliphatic carbocycles. The van der Waals surface area contributed by atoms with Gasteiger partial charge < -0.3 is 4.90 Å². The lowest BCUT2D eigenvalue weighted by Crippen LogP contribution is -2.39. The lowest BCUT2D eigenvalue weighted by Gasteiger charge is -2.25. The monoisotopic (exact) mass is 310 g/mol. The number of rotatable bonds is 4. The molecule has 0 unspecified atom stereocenters. The molecule has 1 saturated carbocycles. The third kappa shape index (κ3) is 2.87. The molecule has 0 spiro atoms. The number of carbonyl (C=O) groups is 1. The van der Waals surface area contributed by atoms with Crippen molar-refractivity contribution in [1.82, 2.24) is 19.7 Å². The summed E-state index contributed by atoms with van der Waals surface area (Å²) in [5.74, 6) is 0.841. The highest BCUT2D eigenvalue weighted by molar-refractivity contribution is 5.83. The fourth-order valence-electron chi connectivity index (χ4n) is 3.74. The molecular formula is C18H22N4O. The number of aryl methyl sites for hydroxylation is 1. The molecule has 1 saturated heterocycles. The van der Waals surface area contributed by atoms with Crippen LogP contribution in [0.3, 0.4) is 0 Å². The largest absolute Gasteiger partial charge is 0.338 e. The Morgan fingerprint density at radius 1 is 1.39 bits per heavy atom. The summed E-state index contributed by atoms with van der Waals surface area (Å²) in [6.45, 7) is 3.74. The van der Waals surface area contributed by atoms with Crippen molar-refractivity contribution in [2.24, 2.45) is 5.92 Å². The van der Waals surface area contributed by atoms with E-state index in [0.29, 0.717) is 11.8 Å². The quantitative estimate of drug-likeness (QED) is 0.871. The van der Waals surface area contributed by atoms with Crippen LogP contribution < -0.4 is 0 Å².